The topological polar surface area (TPSA) is 58.6 Å². The fourth-order valence-corrected chi connectivity index (χ4v) is 3.38. The van der Waals surface area contributed by atoms with Gasteiger partial charge in [0.05, 0.1) is 0 Å². The predicted octanol–water partition coefficient (Wildman–Crippen LogP) is 4.05. The number of nitrogens with one attached hydrogen (secondary N) is 1. The Hall–Kier alpha value is -2.09. The van der Waals surface area contributed by atoms with Gasteiger partial charge in [-0.25, -0.2) is 0 Å². The van der Waals surface area contributed by atoms with Crippen LogP contribution in [0.1, 0.15) is 32.3 Å². The third-order valence-electron chi connectivity index (χ3n) is 4.60. The molecule has 2 rings (SSSR count). The van der Waals surface area contributed by atoms with Gasteiger partial charge in [0.2, 0.25) is 5.91 Å². The monoisotopic (exact) mass is 508 g/mol. The lowest BCUT2D eigenvalue weighted by Crippen LogP contribution is -2.51. The summed E-state index contributed by atoms with van der Waals surface area (Å²) in [6.45, 7) is 4.92. The van der Waals surface area contributed by atoms with Gasteiger partial charge in [0.15, 0.2) is 6.61 Å². The molecule has 2 aromatic rings. The predicted molar refractivity (Wildman–Crippen MR) is 124 cm³/mol. The molecule has 156 valence electrons. The molecular formula is C23H29IN2O3. The van der Waals surface area contributed by atoms with E-state index in [0.29, 0.717) is 31.7 Å². The smallest absolute Gasteiger partial charge is 0.261 e. The standard InChI is InChI=1S/C23H29IN2O3/c1-3-15-25-23(28)21(4-2)26(16-14-18-8-6-5-7-9-18)22(27)17-29-20-12-10-19(24)11-13-20/h5-13,21H,3-4,14-17H2,1-2H3,(H,25,28)/t21-/m1/s1. The van der Waals surface area contributed by atoms with Crippen molar-refractivity contribution < 1.29 is 14.3 Å². The molecule has 2 aromatic carbocycles. The van der Waals surface area contributed by atoms with Gasteiger partial charge in [0.25, 0.3) is 5.91 Å². The van der Waals surface area contributed by atoms with Crippen molar-refractivity contribution in [3.8, 4) is 5.75 Å². The number of ether oxygens (including phenoxy) is 1. The van der Waals surface area contributed by atoms with Gasteiger partial charge < -0.3 is 15.0 Å². The highest BCUT2D eigenvalue weighted by Gasteiger charge is 2.28. The minimum absolute atomic E-state index is 0.0903. The Morgan fingerprint density at radius 1 is 1.07 bits per heavy atom. The van der Waals surface area contributed by atoms with E-state index in [2.05, 4.69) is 27.9 Å². The maximum absolute atomic E-state index is 13.0. The van der Waals surface area contributed by atoms with Crippen LogP contribution in [0.5, 0.6) is 5.75 Å². The van der Waals surface area contributed by atoms with Crippen molar-refractivity contribution in [2.75, 3.05) is 19.7 Å². The summed E-state index contributed by atoms with van der Waals surface area (Å²) >= 11 is 2.22. The van der Waals surface area contributed by atoms with Crippen LogP contribution in [0.4, 0.5) is 0 Å². The Bertz CT molecular complexity index is 765. The molecule has 0 fully saturated rings. The number of benzene rings is 2. The number of amides is 2. The van der Waals surface area contributed by atoms with E-state index < -0.39 is 6.04 Å². The number of hydrogen-bond acceptors (Lipinski definition) is 3. The molecule has 0 bridgehead atoms. The van der Waals surface area contributed by atoms with E-state index in [1.807, 2.05) is 68.4 Å². The second-order valence-corrected chi connectivity index (χ2v) is 8.03. The van der Waals surface area contributed by atoms with Gasteiger partial charge >= 0.3 is 0 Å². The van der Waals surface area contributed by atoms with Crippen LogP contribution >= 0.6 is 22.6 Å². The Labute approximate surface area is 187 Å². The normalized spacial score (nSPS) is 11.6. The van der Waals surface area contributed by atoms with Crippen LogP contribution in [0.3, 0.4) is 0 Å². The lowest BCUT2D eigenvalue weighted by Gasteiger charge is -2.30. The summed E-state index contributed by atoms with van der Waals surface area (Å²) < 4.78 is 6.79. The summed E-state index contributed by atoms with van der Waals surface area (Å²) in [5, 5.41) is 2.92. The first-order valence-corrected chi connectivity index (χ1v) is 11.1. The molecule has 2 amide bonds. The molecule has 6 heteroatoms. The van der Waals surface area contributed by atoms with E-state index in [1.54, 1.807) is 4.90 Å². The van der Waals surface area contributed by atoms with Gasteiger partial charge in [0, 0.05) is 16.7 Å². The average molecular weight is 508 g/mol. The quantitative estimate of drug-likeness (QED) is 0.467. The van der Waals surface area contributed by atoms with Crippen molar-refractivity contribution >= 4 is 34.4 Å². The summed E-state index contributed by atoms with van der Waals surface area (Å²) in [4.78, 5) is 27.3. The summed E-state index contributed by atoms with van der Waals surface area (Å²) in [6.07, 6.45) is 2.10. The van der Waals surface area contributed by atoms with Gasteiger partial charge in [-0.3, -0.25) is 9.59 Å². The summed E-state index contributed by atoms with van der Waals surface area (Å²) in [5.41, 5.74) is 1.13. The van der Waals surface area contributed by atoms with Crippen molar-refractivity contribution in [2.45, 2.75) is 39.2 Å². The highest BCUT2D eigenvalue weighted by Crippen LogP contribution is 2.15. The highest BCUT2D eigenvalue weighted by atomic mass is 127. The third-order valence-corrected chi connectivity index (χ3v) is 5.31. The average Bonchev–Trinajstić information content (AvgIpc) is 2.75. The van der Waals surface area contributed by atoms with Crippen molar-refractivity contribution in [3.05, 3.63) is 63.7 Å². The molecule has 0 saturated carbocycles. The summed E-state index contributed by atoms with van der Waals surface area (Å²) in [5.74, 6) is 0.355. The number of carbonyl (C=O) groups is 2. The molecular weight excluding hydrogens is 479 g/mol. The van der Waals surface area contributed by atoms with Crippen LogP contribution in [0.15, 0.2) is 54.6 Å². The van der Waals surface area contributed by atoms with Crippen LogP contribution < -0.4 is 10.1 Å². The van der Waals surface area contributed by atoms with E-state index in [1.165, 1.54) is 0 Å². The fourth-order valence-electron chi connectivity index (χ4n) is 3.02. The van der Waals surface area contributed by atoms with Gasteiger partial charge in [-0.2, -0.15) is 0 Å². The molecule has 0 saturated heterocycles. The van der Waals surface area contributed by atoms with Crippen LogP contribution in [-0.4, -0.2) is 42.5 Å². The first-order chi connectivity index (χ1) is 14.0. The van der Waals surface area contributed by atoms with Gasteiger partial charge in [-0.05, 0) is 71.7 Å². The van der Waals surface area contributed by atoms with E-state index in [0.717, 1.165) is 15.6 Å². The highest BCUT2D eigenvalue weighted by molar-refractivity contribution is 14.1. The summed E-state index contributed by atoms with van der Waals surface area (Å²) in [6, 6.07) is 17.0. The zero-order valence-corrected chi connectivity index (χ0v) is 19.2. The third kappa shape index (κ3) is 7.68. The largest absolute Gasteiger partial charge is 0.484 e. The minimum atomic E-state index is -0.502. The Morgan fingerprint density at radius 2 is 1.76 bits per heavy atom. The lowest BCUT2D eigenvalue weighted by atomic mass is 10.1. The molecule has 0 spiro atoms. The second-order valence-electron chi connectivity index (χ2n) is 6.78. The van der Waals surface area contributed by atoms with Crippen LogP contribution in [0.25, 0.3) is 0 Å². The van der Waals surface area contributed by atoms with E-state index in [-0.39, 0.29) is 18.4 Å². The molecule has 0 heterocycles. The Morgan fingerprint density at radius 3 is 2.38 bits per heavy atom. The maximum Gasteiger partial charge on any atom is 0.261 e. The minimum Gasteiger partial charge on any atom is -0.484 e. The fraction of sp³-hybridized carbons (Fsp3) is 0.391. The van der Waals surface area contributed by atoms with E-state index in [9.17, 15) is 9.59 Å². The first kappa shape index (κ1) is 23.2. The Balaban J connectivity index is 2.09. The molecule has 0 aliphatic rings. The molecule has 0 unspecified atom stereocenters. The van der Waals surface area contributed by atoms with E-state index >= 15 is 0 Å². The van der Waals surface area contributed by atoms with Crippen molar-refractivity contribution in [3.63, 3.8) is 0 Å². The maximum atomic E-state index is 13.0. The van der Waals surface area contributed by atoms with Gasteiger partial charge in [-0.15, -0.1) is 0 Å². The number of rotatable bonds is 11. The van der Waals surface area contributed by atoms with Crippen LogP contribution in [0.2, 0.25) is 0 Å². The summed E-state index contributed by atoms with van der Waals surface area (Å²) in [7, 11) is 0. The molecule has 1 N–H and O–H groups in total. The molecule has 0 aliphatic carbocycles. The van der Waals surface area contributed by atoms with Crippen molar-refractivity contribution in [1.82, 2.24) is 10.2 Å². The van der Waals surface area contributed by atoms with E-state index in [4.69, 9.17) is 4.74 Å². The molecule has 29 heavy (non-hydrogen) atoms. The molecule has 0 aliphatic heterocycles. The zero-order chi connectivity index (χ0) is 21.1. The molecule has 1 atom stereocenters. The molecule has 0 radical (unpaired) electrons. The van der Waals surface area contributed by atoms with Crippen molar-refractivity contribution in [1.29, 1.82) is 0 Å². The zero-order valence-electron chi connectivity index (χ0n) is 17.1. The number of nitrogens with zero attached hydrogens (tertiary/aromatic N) is 1. The van der Waals surface area contributed by atoms with Gasteiger partial charge in [-0.1, -0.05) is 44.2 Å². The van der Waals surface area contributed by atoms with Crippen LogP contribution in [-0.2, 0) is 16.0 Å². The first-order valence-electron chi connectivity index (χ1n) is 10.0. The number of carbonyl (C=O) groups excluding carboxylic acids is 2. The molecule has 0 aromatic heterocycles. The molecule has 5 nitrogen and oxygen atoms in total. The van der Waals surface area contributed by atoms with Crippen molar-refractivity contribution in [2.24, 2.45) is 0 Å². The van der Waals surface area contributed by atoms with Gasteiger partial charge in [0.1, 0.15) is 11.8 Å². The number of halogens is 1. The second kappa shape index (κ2) is 12.5. The lowest BCUT2D eigenvalue weighted by molar-refractivity contribution is -0.142. The van der Waals surface area contributed by atoms with Crippen LogP contribution in [0, 0.1) is 3.57 Å². The SMILES string of the molecule is CCCNC(=O)[C@@H](CC)N(CCc1ccccc1)C(=O)COc1ccc(I)cc1. The Kier molecular flexibility index (Phi) is 9.97. The number of hydrogen-bond donors (Lipinski definition) is 1.